The van der Waals surface area contributed by atoms with Gasteiger partial charge in [0, 0.05) is 32.6 Å². The normalized spacial score (nSPS) is 28.9. The first-order chi connectivity index (χ1) is 12.7. The number of thiazole rings is 1. The molecule has 2 saturated carbocycles. The van der Waals surface area contributed by atoms with Gasteiger partial charge in [-0.1, -0.05) is 18.6 Å². The monoisotopic (exact) mass is 369 g/mol. The van der Waals surface area contributed by atoms with Gasteiger partial charge in [0.05, 0.1) is 16.8 Å². The Bertz CT molecular complexity index is 762. The molecular formula is C21H27N3OS. The molecule has 0 unspecified atom stereocenters. The fourth-order valence-electron chi connectivity index (χ4n) is 5.31. The van der Waals surface area contributed by atoms with E-state index in [9.17, 15) is 4.79 Å². The lowest BCUT2D eigenvalue weighted by atomic mass is 9.86. The molecule has 1 aromatic heterocycles. The quantitative estimate of drug-likeness (QED) is 0.823. The maximum Gasteiger partial charge on any atom is 0.222 e. The van der Waals surface area contributed by atoms with Gasteiger partial charge < -0.3 is 4.90 Å². The lowest BCUT2D eigenvalue weighted by Gasteiger charge is -2.35. The summed E-state index contributed by atoms with van der Waals surface area (Å²) in [6.07, 6.45) is 6.30. The molecule has 2 bridgehead atoms. The van der Waals surface area contributed by atoms with Crippen LogP contribution in [0.5, 0.6) is 0 Å². The Labute approximate surface area is 159 Å². The zero-order valence-corrected chi connectivity index (χ0v) is 16.1. The number of carbonyl (C=O) groups is 1. The molecule has 1 amide bonds. The standard InChI is InChI=1S/C21H27N3OS/c25-21(13-17-12-15-5-6-16(17)11-15)24-9-7-23(8-10-24)14-20-22-18-3-1-2-4-19(18)26-20/h1-4,15-17H,5-14H2/t15-,16+,17+/m0/s1. The van der Waals surface area contributed by atoms with Crippen LogP contribution in [0.25, 0.3) is 10.2 Å². The van der Waals surface area contributed by atoms with Crippen LogP contribution < -0.4 is 0 Å². The number of nitrogens with zero attached hydrogens (tertiary/aromatic N) is 3. The molecule has 138 valence electrons. The van der Waals surface area contributed by atoms with E-state index in [1.54, 1.807) is 11.3 Å². The number of benzene rings is 1. The third-order valence-corrected chi connectivity index (χ3v) is 7.76. The van der Waals surface area contributed by atoms with Crippen molar-refractivity contribution in [2.24, 2.45) is 17.8 Å². The van der Waals surface area contributed by atoms with Gasteiger partial charge in [-0.25, -0.2) is 4.98 Å². The first-order valence-electron chi connectivity index (χ1n) is 10.1. The van der Waals surface area contributed by atoms with E-state index in [-0.39, 0.29) is 0 Å². The van der Waals surface area contributed by atoms with Crippen molar-refractivity contribution >= 4 is 27.5 Å². The molecule has 0 N–H and O–H groups in total. The molecule has 0 radical (unpaired) electrons. The number of fused-ring (bicyclic) bond motifs is 3. The molecule has 3 aliphatic rings. The fraction of sp³-hybridized carbons (Fsp3) is 0.619. The van der Waals surface area contributed by atoms with Crippen LogP contribution >= 0.6 is 11.3 Å². The molecule has 26 heavy (non-hydrogen) atoms. The van der Waals surface area contributed by atoms with Crippen molar-refractivity contribution in [1.29, 1.82) is 0 Å². The van der Waals surface area contributed by atoms with Crippen molar-refractivity contribution in [3.63, 3.8) is 0 Å². The van der Waals surface area contributed by atoms with Crippen LogP contribution in [0.3, 0.4) is 0 Å². The smallest absolute Gasteiger partial charge is 0.222 e. The molecular weight excluding hydrogens is 342 g/mol. The van der Waals surface area contributed by atoms with Crippen LogP contribution in [0, 0.1) is 17.8 Å². The van der Waals surface area contributed by atoms with E-state index in [1.165, 1.54) is 35.4 Å². The maximum atomic E-state index is 12.7. The van der Waals surface area contributed by atoms with Gasteiger partial charge in [0.25, 0.3) is 0 Å². The van der Waals surface area contributed by atoms with Crippen molar-refractivity contribution in [3.05, 3.63) is 29.3 Å². The number of para-hydroxylation sites is 1. The highest BCUT2D eigenvalue weighted by molar-refractivity contribution is 7.18. The Morgan fingerprint density at radius 3 is 2.69 bits per heavy atom. The Kier molecular flexibility index (Phi) is 4.45. The molecule has 2 heterocycles. The number of hydrogen-bond acceptors (Lipinski definition) is 4. The van der Waals surface area contributed by atoms with Crippen LogP contribution in [0.2, 0.25) is 0 Å². The number of hydrogen-bond donors (Lipinski definition) is 0. The first kappa shape index (κ1) is 16.7. The minimum atomic E-state index is 0.405. The summed E-state index contributed by atoms with van der Waals surface area (Å²) in [7, 11) is 0. The molecule has 4 nitrogen and oxygen atoms in total. The van der Waals surface area contributed by atoms with Crippen molar-refractivity contribution in [2.45, 2.75) is 38.6 Å². The lowest BCUT2D eigenvalue weighted by molar-refractivity contribution is -0.134. The number of rotatable bonds is 4. The molecule has 1 aliphatic heterocycles. The molecule has 5 heteroatoms. The first-order valence-corrected chi connectivity index (χ1v) is 10.9. The molecule has 5 rings (SSSR count). The molecule has 2 aromatic rings. The number of piperazine rings is 1. The van der Waals surface area contributed by atoms with E-state index in [1.807, 2.05) is 6.07 Å². The van der Waals surface area contributed by atoms with Crippen LogP contribution in [-0.4, -0.2) is 46.9 Å². The zero-order valence-electron chi connectivity index (χ0n) is 15.3. The molecule has 1 saturated heterocycles. The highest BCUT2D eigenvalue weighted by Gasteiger charge is 2.40. The van der Waals surface area contributed by atoms with Crippen molar-refractivity contribution < 1.29 is 4.79 Å². The van der Waals surface area contributed by atoms with Gasteiger partial charge in [-0.15, -0.1) is 11.3 Å². The maximum absolute atomic E-state index is 12.7. The second-order valence-electron chi connectivity index (χ2n) is 8.37. The fourth-order valence-corrected chi connectivity index (χ4v) is 6.32. The summed E-state index contributed by atoms with van der Waals surface area (Å²) in [5.74, 6) is 2.87. The Balaban J connectivity index is 1.13. The summed E-state index contributed by atoms with van der Waals surface area (Å²) in [5, 5.41) is 1.19. The molecule has 0 spiro atoms. The van der Waals surface area contributed by atoms with E-state index in [0.717, 1.165) is 56.5 Å². The van der Waals surface area contributed by atoms with Crippen LogP contribution in [0.1, 0.15) is 37.1 Å². The predicted octanol–water partition coefficient (Wildman–Crippen LogP) is 3.77. The van der Waals surface area contributed by atoms with Crippen LogP contribution in [0.4, 0.5) is 0 Å². The molecule has 3 fully saturated rings. The van der Waals surface area contributed by atoms with E-state index in [2.05, 4.69) is 28.0 Å². The molecule has 2 aliphatic carbocycles. The summed E-state index contributed by atoms with van der Waals surface area (Å²) in [6, 6.07) is 8.35. The Morgan fingerprint density at radius 2 is 1.96 bits per heavy atom. The van der Waals surface area contributed by atoms with Gasteiger partial charge in [-0.3, -0.25) is 9.69 Å². The molecule has 3 atom stereocenters. The van der Waals surface area contributed by atoms with Gasteiger partial charge in [0.15, 0.2) is 0 Å². The largest absolute Gasteiger partial charge is 0.340 e. The summed E-state index contributed by atoms with van der Waals surface area (Å²) < 4.78 is 1.27. The summed E-state index contributed by atoms with van der Waals surface area (Å²) >= 11 is 1.79. The van der Waals surface area contributed by atoms with E-state index in [4.69, 9.17) is 4.98 Å². The van der Waals surface area contributed by atoms with Gasteiger partial charge in [-0.2, -0.15) is 0 Å². The summed E-state index contributed by atoms with van der Waals surface area (Å²) in [6.45, 7) is 4.61. The van der Waals surface area contributed by atoms with Crippen molar-refractivity contribution in [1.82, 2.24) is 14.8 Å². The lowest BCUT2D eigenvalue weighted by Crippen LogP contribution is -2.48. The van der Waals surface area contributed by atoms with Crippen LogP contribution in [0.15, 0.2) is 24.3 Å². The second-order valence-corrected chi connectivity index (χ2v) is 9.49. The highest BCUT2D eigenvalue weighted by atomic mass is 32.1. The van der Waals surface area contributed by atoms with E-state index < -0.39 is 0 Å². The topological polar surface area (TPSA) is 36.4 Å². The minimum Gasteiger partial charge on any atom is -0.340 e. The highest BCUT2D eigenvalue weighted by Crippen LogP contribution is 2.49. The third kappa shape index (κ3) is 3.27. The minimum absolute atomic E-state index is 0.405. The Hall–Kier alpha value is -1.46. The van der Waals surface area contributed by atoms with Gasteiger partial charge in [-0.05, 0) is 49.1 Å². The summed E-state index contributed by atoms with van der Waals surface area (Å²) in [5.41, 5.74) is 1.10. The van der Waals surface area contributed by atoms with Crippen molar-refractivity contribution in [2.75, 3.05) is 26.2 Å². The summed E-state index contributed by atoms with van der Waals surface area (Å²) in [4.78, 5) is 22.0. The Morgan fingerprint density at radius 1 is 1.12 bits per heavy atom. The molecule has 1 aromatic carbocycles. The number of aromatic nitrogens is 1. The average Bonchev–Trinajstić information content (AvgIpc) is 3.36. The SMILES string of the molecule is O=C(C[C@H]1C[C@H]2CC[C@@H]1C2)N1CCN(Cc2nc3ccccc3s2)CC1. The number of carbonyl (C=O) groups excluding carboxylic acids is 1. The van der Waals surface area contributed by atoms with Crippen molar-refractivity contribution in [3.8, 4) is 0 Å². The number of amides is 1. The predicted molar refractivity (Wildman–Crippen MR) is 105 cm³/mol. The zero-order chi connectivity index (χ0) is 17.5. The second kappa shape index (κ2) is 6.93. The average molecular weight is 370 g/mol. The van der Waals surface area contributed by atoms with E-state index in [0.29, 0.717) is 11.8 Å². The van der Waals surface area contributed by atoms with Gasteiger partial charge in [0.1, 0.15) is 5.01 Å². The van der Waals surface area contributed by atoms with Crippen LogP contribution in [-0.2, 0) is 11.3 Å². The third-order valence-electron chi connectivity index (χ3n) is 6.74. The van der Waals surface area contributed by atoms with E-state index >= 15 is 0 Å². The van der Waals surface area contributed by atoms with Gasteiger partial charge in [0.2, 0.25) is 5.91 Å². The van der Waals surface area contributed by atoms with Gasteiger partial charge >= 0.3 is 0 Å².